The standard InChI is InChI=1S/C23H27F4N3O5/c1-32-19-4-2-16(3-5-19)13-33-15-20(23(25,26)27)35-21(31)29-8-6-22(7-9-29)10-18(14-34-22)30-12-17(24)11-28-30/h2-5,11-12,18,20H,6-10,13-15H2,1H3/t18-,20+/m0/s1. The van der Waals surface area contributed by atoms with Gasteiger partial charge in [-0.05, 0) is 30.5 Å². The number of hydrogen-bond acceptors (Lipinski definition) is 6. The van der Waals surface area contributed by atoms with Crippen molar-refractivity contribution in [2.45, 2.75) is 49.8 Å². The van der Waals surface area contributed by atoms with Crippen LogP contribution in [0, 0.1) is 5.82 Å². The fraction of sp³-hybridized carbons (Fsp3) is 0.565. The SMILES string of the molecule is COc1ccc(COC[C@@H](OC(=O)N2CCC3(CC2)C[C@H](n2cc(F)cn2)CO3)C(F)(F)F)cc1. The summed E-state index contributed by atoms with van der Waals surface area (Å²) in [5.74, 6) is 0.184. The summed E-state index contributed by atoms with van der Waals surface area (Å²) in [4.78, 5) is 13.7. The fourth-order valence-electron chi connectivity index (χ4n) is 4.35. The molecule has 0 aliphatic carbocycles. The van der Waals surface area contributed by atoms with Crippen LogP contribution in [-0.4, -0.2) is 72.1 Å². The van der Waals surface area contributed by atoms with Gasteiger partial charge in [-0.3, -0.25) is 4.68 Å². The summed E-state index contributed by atoms with van der Waals surface area (Å²) in [6.07, 6.45) is -4.31. The molecule has 0 radical (unpaired) electrons. The molecule has 2 aliphatic heterocycles. The topological polar surface area (TPSA) is 75.1 Å². The molecule has 1 aromatic heterocycles. The van der Waals surface area contributed by atoms with Crippen molar-refractivity contribution in [2.75, 3.05) is 33.4 Å². The average Bonchev–Trinajstić information content (AvgIpc) is 3.45. The van der Waals surface area contributed by atoms with Crippen molar-refractivity contribution >= 4 is 6.09 Å². The van der Waals surface area contributed by atoms with Gasteiger partial charge in [0, 0.05) is 19.5 Å². The van der Waals surface area contributed by atoms with Crippen molar-refractivity contribution < 1.29 is 41.3 Å². The Kier molecular flexibility index (Phi) is 7.50. The lowest BCUT2D eigenvalue weighted by Crippen LogP contribution is -2.49. The number of alkyl halides is 3. The number of likely N-dealkylation sites (tertiary alicyclic amines) is 1. The lowest BCUT2D eigenvalue weighted by Gasteiger charge is -2.38. The Morgan fingerprint density at radius 1 is 1.26 bits per heavy atom. The van der Waals surface area contributed by atoms with E-state index in [1.165, 1.54) is 22.9 Å². The number of nitrogens with zero attached hydrogens (tertiary/aromatic N) is 3. The molecule has 0 bridgehead atoms. The number of piperidine rings is 1. The molecule has 3 heterocycles. The summed E-state index contributed by atoms with van der Waals surface area (Å²) in [5, 5.41) is 3.98. The maximum Gasteiger partial charge on any atom is 0.427 e. The molecule has 35 heavy (non-hydrogen) atoms. The first-order valence-corrected chi connectivity index (χ1v) is 11.2. The van der Waals surface area contributed by atoms with Gasteiger partial charge in [0.05, 0.1) is 51.0 Å². The molecule has 1 aromatic carbocycles. The number of ether oxygens (including phenoxy) is 4. The molecule has 192 valence electrons. The minimum atomic E-state index is -4.77. The smallest absolute Gasteiger partial charge is 0.427 e. The highest BCUT2D eigenvalue weighted by molar-refractivity contribution is 5.68. The number of carbonyl (C=O) groups excluding carboxylic acids is 1. The fourth-order valence-corrected chi connectivity index (χ4v) is 4.35. The Morgan fingerprint density at radius 2 is 1.97 bits per heavy atom. The molecule has 2 saturated heterocycles. The highest BCUT2D eigenvalue weighted by Crippen LogP contribution is 2.40. The van der Waals surface area contributed by atoms with Crippen LogP contribution in [0.2, 0.25) is 0 Å². The first-order valence-electron chi connectivity index (χ1n) is 11.2. The van der Waals surface area contributed by atoms with Gasteiger partial charge in [-0.25, -0.2) is 9.18 Å². The second-order valence-electron chi connectivity index (χ2n) is 8.75. The lowest BCUT2D eigenvalue weighted by molar-refractivity contribution is -0.220. The first kappa shape index (κ1) is 25.2. The molecule has 1 amide bonds. The number of benzene rings is 1. The van der Waals surface area contributed by atoms with Gasteiger partial charge in [-0.2, -0.15) is 18.3 Å². The third-order valence-corrected chi connectivity index (χ3v) is 6.37. The third-order valence-electron chi connectivity index (χ3n) is 6.37. The van der Waals surface area contributed by atoms with Crippen molar-refractivity contribution in [1.82, 2.24) is 14.7 Å². The Bertz CT molecular complexity index is 990. The van der Waals surface area contributed by atoms with E-state index in [4.69, 9.17) is 18.9 Å². The molecule has 2 fully saturated rings. The highest BCUT2D eigenvalue weighted by Gasteiger charge is 2.47. The number of amides is 1. The van der Waals surface area contributed by atoms with Crippen LogP contribution in [0.25, 0.3) is 0 Å². The molecule has 0 unspecified atom stereocenters. The Labute approximate surface area is 199 Å². The second-order valence-corrected chi connectivity index (χ2v) is 8.75. The molecule has 12 heteroatoms. The van der Waals surface area contributed by atoms with Gasteiger partial charge in [-0.1, -0.05) is 12.1 Å². The predicted octanol–water partition coefficient (Wildman–Crippen LogP) is 4.11. The molecule has 2 aliphatic rings. The Morgan fingerprint density at radius 3 is 2.57 bits per heavy atom. The summed E-state index contributed by atoms with van der Waals surface area (Å²) in [6, 6.07) is 6.57. The molecular formula is C23H27F4N3O5. The maximum atomic E-state index is 13.5. The highest BCUT2D eigenvalue weighted by atomic mass is 19.4. The van der Waals surface area contributed by atoms with Gasteiger partial charge in [0.15, 0.2) is 5.82 Å². The zero-order valence-corrected chi connectivity index (χ0v) is 19.2. The van der Waals surface area contributed by atoms with E-state index < -0.39 is 36.4 Å². The molecule has 8 nitrogen and oxygen atoms in total. The number of methoxy groups -OCH3 is 1. The molecule has 2 aromatic rings. The zero-order valence-electron chi connectivity index (χ0n) is 19.2. The second kappa shape index (κ2) is 10.4. The van der Waals surface area contributed by atoms with Crippen molar-refractivity contribution in [3.05, 3.63) is 48.0 Å². The van der Waals surface area contributed by atoms with Crippen LogP contribution in [0.5, 0.6) is 5.75 Å². The van der Waals surface area contributed by atoms with Crippen LogP contribution < -0.4 is 4.74 Å². The van der Waals surface area contributed by atoms with E-state index in [-0.39, 0.29) is 25.7 Å². The van der Waals surface area contributed by atoms with Gasteiger partial charge in [0.1, 0.15) is 5.75 Å². The van der Waals surface area contributed by atoms with E-state index in [1.54, 1.807) is 24.3 Å². The quantitative estimate of drug-likeness (QED) is 0.532. The van der Waals surface area contributed by atoms with E-state index >= 15 is 0 Å². The van der Waals surface area contributed by atoms with E-state index in [0.717, 1.165) is 6.20 Å². The first-order chi connectivity index (χ1) is 16.7. The number of aromatic nitrogens is 2. The zero-order chi connectivity index (χ0) is 25.1. The van der Waals surface area contributed by atoms with E-state index in [0.29, 0.717) is 37.2 Å². The predicted molar refractivity (Wildman–Crippen MR) is 114 cm³/mol. The number of hydrogen-bond donors (Lipinski definition) is 0. The molecular weight excluding hydrogens is 474 g/mol. The van der Waals surface area contributed by atoms with Crippen LogP contribution >= 0.6 is 0 Å². The van der Waals surface area contributed by atoms with Crippen LogP contribution in [0.3, 0.4) is 0 Å². The normalized spacial score (nSPS) is 20.7. The summed E-state index contributed by atoms with van der Waals surface area (Å²) in [6.45, 7) is -0.150. The van der Waals surface area contributed by atoms with Gasteiger partial charge >= 0.3 is 12.3 Å². The summed E-state index contributed by atoms with van der Waals surface area (Å²) in [5.41, 5.74) is 0.140. The van der Waals surface area contributed by atoms with Crippen molar-refractivity contribution in [3.63, 3.8) is 0 Å². The number of halogens is 4. The summed E-state index contributed by atoms with van der Waals surface area (Å²) >= 11 is 0. The molecule has 1 spiro atoms. The molecule has 0 N–H and O–H groups in total. The number of rotatable bonds is 7. The summed E-state index contributed by atoms with van der Waals surface area (Å²) in [7, 11) is 1.51. The minimum absolute atomic E-state index is 0.0704. The third kappa shape index (κ3) is 6.23. The van der Waals surface area contributed by atoms with Gasteiger partial charge in [-0.15, -0.1) is 0 Å². The van der Waals surface area contributed by atoms with E-state index in [2.05, 4.69) is 5.10 Å². The minimum Gasteiger partial charge on any atom is -0.497 e. The van der Waals surface area contributed by atoms with Crippen molar-refractivity contribution in [1.29, 1.82) is 0 Å². The summed E-state index contributed by atoms with van der Waals surface area (Å²) < 4.78 is 76.2. The van der Waals surface area contributed by atoms with Crippen molar-refractivity contribution in [2.24, 2.45) is 0 Å². The maximum absolute atomic E-state index is 13.5. The average molecular weight is 501 g/mol. The molecule has 0 saturated carbocycles. The van der Waals surface area contributed by atoms with Crippen LogP contribution in [0.4, 0.5) is 22.4 Å². The van der Waals surface area contributed by atoms with E-state index in [9.17, 15) is 22.4 Å². The van der Waals surface area contributed by atoms with Gasteiger partial charge in [0.25, 0.3) is 0 Å². The van der Waals surface area contributed by atoms with Crippen LogP contribution in [0.1, 0.15) is 30.9 Å². The van der Waals surface area contributed by atoms with Crippen LogP contribution in [0.15, 0.2) is 36.7 Å². The van der Waals surface area contributed by atoms with Crippen molar-refractivity contribution in [3.8, 4) is 5.75 Å². The van der Waals surface area contributed by atoms with Gasteiger partial charge < -0.3 is 23.8 Å². The van der Waals surface area contributed by atoms with E-state index in [1.807, 2.05) is 0 Å². The van der Waals surface area contributed by atoms with Crippen LogP contribution in [-0.2, 0) is 20.8 Å². The molecule has 4 rings (SSSR count). The van der Waals surface area contributed by atoms with Gasteiger partial charge in [0.2, 0.25) is 6.10 Å². The molecule has 2 atom stereocenters. The Balaban J connectivity index is 1.26. The number of carbonyl (C=O) groups is 1. The largest absolute Gasteiger partial charge is 0.497 e. The monoisotopic (exact) mass is 501 g/mol. The Hall–Kier alpha value is -2.86. The lowest BCUT2D eigenvalue weighted by atomic mass is 9.87.